The second-order valence-electron chi connectivity index (χ2n) is 5.61. The Hall–Kier alpha value is -0.120. The second-order valence-corrected chi connectivity index (χ2v) is 5.61. The fraction of sp³-hybridized carbons (Fsp3) is 1.00. The quantitative estimate of drug-likeness (QED) is 0.777. The highest BCUT2D eigenvalue weighted by Gasteiger charge is 2.37. The normalized spacial score (nSPS) is 46.1. The topological polar surface area (TPSA) is 38.5 Å². The minimum Gasteiger partial charge on any atom is -0.381 e. The molecule has 1 saturated carbocycles. The van der Waals surface area contributed by atoms with Crippen LogP contribution < -0.4 is 5.73 Å². The summed E-state index contributed by atoms with van der Waals surface area (Å²) in [5, 5.41) is 0. The van der Waals surface area contributed by atoms with Crippen LogP contribution in [0.3, 0.4) is 0 Å². The summed E-state index contributed by atoms with van der Waals surface area (Å²) in [5.74, 6) is 0.621. The molecule has 2 aliphatic rings. The smallest absolute Gasteiger partial charge is 0.0586 e. The van der Waals surface area contributed by atoms with Gasteiger partial charge in [0.05, 0.1) is 6.10 Å². The average molecular weight is 226 g/mol. The molecule has 5 atom stereocenters. The van der Waals surface area contributed by atoms with Crippen LogP contribution in [0, 0.1) is 5.92 Å². The number of methoxy groups -OCH3 is 1. The number of hydrogen-bond donors (Lipinski definition) is 1. The van der Waals surface area contributed by atoms with Gasteiger partial charge < -0.3 is 10.5 Å². The Morgan fingerprint density at radius 3 is 2.56 bits per heavy atom. The van der Waals surface area contributed by atoms with E-state index in [1.807, 2.05) is 7.11 Å². The maximum Gasteiger partial charge on any atom is 0.0586 e. The van der Waals surface area contributed by atoms with E-state index in [9.17, 15) is 0 Å². The molecule has 3 heteroatoms. The molecular weight excluding hydrogens is 200 g/mol. The molecule has 0 amide bonds. The van der Waals surface area contributed by atoms with E-state index in [0.717, 1.165) is 12.5 Å². The molecule has 5 unspecified atom stereocenters. The summed E-state index contributed by atoms with van der Waals surface area (Å²) in [5.41, 5.74) is 6.13. The summed E-state index contributed by atoms with van der Waals surface area (Å²) in [6.07, 6.45) is 5.38. The lowest BCUT2D eigenvalue weighted by atomic mass is 9.86. The van der Waals surface area contributed by atoms with Crippen molar-refractivity contribution in [2.45, 2.75) is 63.8 Å². The lowest BCUT2D eigenvalue weighted by molar-refractivity contribution is 0.0454. The van der Waals surface area contributed by atoms with E-state index in [4.69, 9.17) is 10.5 Å². The molecule has 1 aliphatic carbocycles. The monoisotopic (exact) mass is 226 g/mol. The third kappa shape index (κ3) is 2.27. The molecule has 0 aromatic rings. The van der Waals surface area contributed by atoms with E-state index >= 15 is 0 Å². The number of hydrogen-bond acceptors (Lipinski definition) is 3. The molecule has 2 fully saturated rings. The third-order valence-electron chi connectivity index (χ3n) is 4.84. The molecule has 0 aromatic heterocycles. The molecule has 0 spiro atoms. The van der Waals surface area contributed by atoms with Gasteiger partial charge in [-0.05, 0) is 38.5 Å². The Labute approximate surface area is 99.3 Å². The van der Waals surface area contributed by atoms with Gasteiger partial charge in [-0.25, -0.2) is 0 Å². The van der Waals surface area contributed by atoms with Crippen molar-refractivity contribution in [1.29, 1.82) is 0 Å². The van der Waals surface area contributed by atoms with Crippen LogP contribution >= 0.6 is 0 Å². The van der Waals surface area contributed by atoms with Crippen LogP contribution in [0.2, 0.25) is 0 Å². The van der Waals surface area contributed by atoms with Crippen molar-refractivity contribution in [2.24, 2.45) is 11.7 Å². The summed E-state index contributed by atoms with van der Waals surface area (Å²) in [6, 6.07) is 1.75. The number of likely N-dealkylation sites (tertiary alicyclic amines) is 1. The van der Waals surface area contributed by atoms with Crippen molar-refractivity contribution in [3.8, 4) is 0 Å². The fourth-order valence-electron chi connectivity index (χ4n) is 3.37. The molecule has 2 N–H and O–H groups in total. The summed E-state index contributed by atoms with van der Waals surface area (Å²) in [7, 11) is 1.84. The third-order valence-corrected chi connectivity index (χ3v) is 4.84. The summed E-state index contributed by atoms with van der Waals surface area (Å²) in [6.45, 7) is 5.81. The van der Waals surface area contributed by atoms with Crippen molar-refractivity contribution in [2.75, 3.05) is 13.7 Å². The van der Waals surface area contributed by atoms with Gasteiger partial charge in [-0.3, -0.25) is 4.90 Å². The van der Waals surface area contributed by atoms with Gasteiger partial charge in [-0.1, -0.05) is 6.92 Å². The lowest BCUT2D eigenvalue weighted by Crippen LogP contribution is -2.54. The minimum absolute atomic E-state index is 0.394. The van der Waals surface area contributed by atoms with Crippen LogP contribution in [0.15, 0.2) is 0 Å². The Kier molecular flexibility index (Phi) is 3.88. The Balaban J connectivity index is 1.95. The molecule has 3 nitrogen and oxygen atoms in total. The largest absolute Gasteiger partial charge is 0.381 e. The van der Waals surface area contributed by atoms with Gasteiger partial charge >= 0.3 is 0 Å². The zero-order valence-electron chi connectivity index (χ0n) is 10.9. The van der Waals surface area contributed by atoms with Crippen LogP contribution in [0.1, 0.15) is 39.5 Å². The number of piperidine rings is 1. The highest BCUT2D eigenvalue weighted by molar-refractivity contribution is 4.93. The maximum absolute atomic E-state index is 6.13. The van der Waals surface area contributed by atoms with Gasteiger partial charge in [0.15, 0.2) is 0 Å². The SMILES string of the molecule is COC1CCC(N2CCC(N)C(C)C2C)C1. The van der Waals surface area contributed by atoms with Crippen LogP contribution in [-0.2, 0) is 4.74 Å². The lowest BCUT2D eigenvalue weighted by Gasteiger charge is -2.44. The first-order valence-electron chi connectivity index (χ1n) is 6.67. The molecule has 0 bridgehead atoms. The molecule has 0 aromatic carbocycles. The van der Waals surface area contributed by atoms with Gasteiger partial charge in [0.25, 0.3) is 0 Å². The zero-order valence-corrected chi connectivity index (χ0v) is 10.9. The van der Waals surface area contributed by atoms with Crippen LogP contribution in [0.25, 0.3) is 0 Å². The van der Waals surface area contributed by atoms with Crippen molar-refractivity contribution in [1.82, 2.24) is 4.90 Å². The van der Waals surface area contributed by atoms with Gasteiger partial charge in [-0.15, -0.1) is 0 Å². The summed E-state index contributed by atoms with van der Waals surface area (Å²) in [4.78, 5) is 2.67. The molecule has 94 valence electrons. The van der Waals surface area contributed by atoms with Crippen LogP contribution in [0.4, 0.5) is 0 Å². The van der Waals surface area contributed by atoms with E-state index in [-0.39, 0.29) is 0 Å². The average Bonchev–Trinajstić information content (AvgIpc) is 2.74. The van der Waals surface area contributed by atoms with Crippen molar-refractivity contribution in [3.05, 3.63) is 0 Å². The minimum atomic E-state index is 0.394. The van der Waals surface area contributed by atoms with E-state index in [2.05, 4.69) is 18.7 Å². The van der Waals surface area contributed by atoms with Crippen molar-refractivity contribution >= 4 is 0 Å². The van der Waals surface area contributed by atoms with Crippen LogP contribution in [0.5, 0.6) is 0 Å². The Morgan fingerprint density at radius 2 is 1.94 bits per heavy atom. The Morgan fingerprint density at radius 1 is 1.19 bits per heavy atom. The van der Waals surface area contributed by atoms with Gasteiger partial charge in [-0.2, -0.15) is 0 Å². The standard InChI is InChI=1S/C13H26N2O/c1-9-10(2)15(7-6-13(9)14)11-4-5-12(8-11)16-3/h9-13H,4-8,14H2,1-3H3. The van der Waals surface area contributed by atoms with E-state index in [0.29, 0.717) is 24.1 Å². The predicted octanol–water partition coefficient (Wildman–Crippen LogP) is 1.61. The van der Waals surface area contributed by atoms with E-state index in [1.165, 1.54) is 25.8 Å². The molecule has 1 saturated heterocycles. The molecule has 0 radical (unpaired) electrons. The summed E-state index contributed by atoms with van der Waals surface area (Å²) < 4.78 is 5.46. The first-order valence-corrected chi connectivity index (χ1v) is 6.67. The second kappa shape index (κ2) is 5.03. The number of ether oxygens (including phenoxy) is 1. The molecular formula is C13H26N2O. The Bertz CT molecular complexity index is 234. The van der Waals surface area contributed by atoms with E-state index < -0.39 is 0 Å². The molecule has 16 heavy (non-hydrogen) atoms. The van der Waals surface area contributed by atoms with Gasteiger partial charge in [0.2, 0.25) is 0 Å². The number of nitrogens with zero attached hydrogens (tertiary/aromatic N) is 1. The maximum atomic E-state index is 6.13. The molecule has 1 aliphatic heterocycles. The number of rotatable bonds is 2. The van der Waals surface area contributed by atoms with E-state index in [1.54, 1.807) is 0 Å². The van der Waals surface area contributed by atoms with Gasteiger partial charge in [0, 0.05) is 31.8 Å². The molecule has 1 heterocycles. The van der Waals surface area contributed by atoms with Crippen molar-refractivity contribution < 1.29 is 4.74 Å². The van der Waals surface area contributed by atoms with Gasteiger partial charge in [0.1, 0.15) is 0 Å². The predicted molar refractivity (Wildman–Crippen MR) is 66.4 cm³/mol. The zero-order chi connectivity index (χ0) is 11.7. The fourth-order valence-corrected chi connectivity index (χ4v) is 3.37. The number of nitrogens with two attached hydrogens (primary N) is 1. The first-order chi connectivity index (χ1) is 7.63. The molecule has 2 rings (SSSR count). The highest BCUT2D eigenvalue weighted by atomic mass is 16.5. The highest BCUT2D eigenvalue weighted by Crippen LogP contribution is 2.32. The van der Waals surface area contributed by atoms with Crippen molar-refractivity contribution in [3.63, 3.8) is 0 Å². The van der Waals surface area contributed by atoms with Crippen LogP contribution in [-0.4, -0.2) is 42.8 Å². The first kappa shape index (κ1) is 12.3. The summed E-state index contributed by atoms with van der Waals surface area (Å²) >= 11 is 0.